The molecule has 2 heterocycles. The molecule has 0 aliphatic carbocycles. The number of imidazole rings is 1. The van der Waals surface area contributed by atoms with Gasteiger partial charge in [0.2, 0.25) is 5.91 Å². The quantitative estimate of drug-likeness (QED) is 0.271. The number of nitrogen functional groups attached to an aromatic ring is 1. The van der Waals surface area contributed by atoms with Gasteiger partial charge in [-0.3, -0.25) is 4.79 Å². The third-order valence-electron chi connectivity index (χ3n) is 5.94. The predicted octanol–water partition coefficient (Wildman–Crippen LogP) is 4.71. The van der Waals surface area contributed by atoms with Crippen molar-refractivity contribution in [3.63, 3.8) is 0 Å². The van der Waals surface area contributed by atoms with E-state index in [2.05, 4.69) is 16.9 Å². The van der Waals surface area contributed by atoms with E-state index < -0.39 is 0 Å². The fraction of sp³-hybridized carbons (Fsp3) is 0.308. The number of benzene rings is 2. The number of nitrogens with two attached hydrogens (primary N) is 1. The number of anilines is 1. The van der Waals surface area contributed by atoms with Crippen molar-refractivity contribution in [2.45, 2.75) is 53.0 Å². The zero-order chi connectivity index (χ0) is 24.4. The van der Waals surface area contributed by atoms with Gasteiger partial charge in [0.15, 0.2) is 5.82 Å². The number of aromatic nitrogens is 3. The third kappa shape index (κ3) is 4.44. The van der Waals surface area contributed by atoms with Crippen molar-refractivity contribution in [1.29, 1.82) is 0 Å². The van der Waals surface area contributed by atoms with Crippen molar-refractivity contribution < 1.29 is 15.0 Å². The fourth-order valence-corrected chi connectivity index (χ4v) is 4.08. The predicted molar refractivity (Wildman–Crippen MR) is 134 cm³/mol. The Morgan fingerprint density at radius 1 is 1.12 bits per heavy atom. The molecule has 0 saturated carbocycles. The van der Waals surface area contributed by atoms with Crippen molar-refractivity contribution in [2.75, 3.05) is 5.73 Å². The number of amides is 1. The Kier molecular flexibility index (Phi) is 6.49. The molecule has 1 amide bonds. The maximum Gasteiger partial charge on any atom is 0.245 e. The van der Waals surface area contributed by atoms with E-state index in [4.69, 9.17) is 10.7 Å². The minimum absolute atomic E-state index is 0.0769. The summed E-state index contributed by atoms with van der Waals surface area (Å²) in [6, 6.07) is 10.2. The third-order valence-corrected chi connectivity index (χ3v) is 5.94. The summed E-state index contributed by atoms with van der Waals surface area (Å²) in [5.41, 5.74) is 10.4. The highest BCUT2D eigenvalue weighted by Crippen LogP contribution is 2.32. The number of fused-ring (bicyclic) bond motifs is 3. The molecule has 8 heteroatoms. The van der Waals surface area contributed by atoms with E-state index in [1.165, 1.54) is 12.1 Å². The first kappa shape index (κ1) is 23.2. The van der Waals surface area contributed by atoms with Crippen LogP contribution in [-0.4, -0.2) is 36.4 Å². The Balaban J connectivity index is 1.99. The maximum absolute atomic E-state index is 11.9. The Morgan fingerprint density at radius 3 is 2.65 bits per heavy atom. The van der Waals surface area contributed by atoms with Crippen LogP contribution in [-0.2, 0) is 17.8 Å². The van der Waals surface area contributed by atoms with Crippen LogP contribution in [0.3, 0.4) is 0 Å². The minimum atomic E-state index is -0.176. The van der Waals surface area contributed by atoms with E-state index in [-0.39, 0.29) is 17.4 Å². The van der Waals surface area contributed by atoms with Crippen molar-refractivity contribution in [3.05, 3.63) is 53.3 Å². The van der Waals surface area contributed by atoms with E-state index in [0.717, 1.165) is 41.6 Å². The van der Waals surface area contributed by atoms with Gasteiger partial charge in [-0.25, -0.2) is 15.0 Å². The second-order valence-corrected chi connectivity index (χ2v) is 8.40. The van der Waals surface area contributed by atoms with Gasteiger partial charge in [-0.15, -0.1) is 0 Å². The Morgan fingerprint density at radius 2 is 1.91 bits per heavy atom. The molecule has 0 radical (unpaired) electrons. The van der Waals surface area contributed by atoms with E-state index in [1.54, 1.807) is 13.0 Å². The standard InChI is InChI=1S/C26H29N5O3/c1-4-6-7-22-30-24-25(31(22)14-17-12-18(32)9-11-21(17)33)19-13-16(15(3)28-23(34)5-2)8-10-20(19)29-26(24)27/h8-13,32-33H,4-7,14H2,1-3H3,(H2,27,29). The lowest BCUT2D eigenvalue weighted by Crippen LogP contribution is -2.07. The van der Waals surface area contributed by atoms with Gasteiger partial charge in [0, 0.05) is 29.5 Å². The molecule has 0 bridgehead atoms. The van der Waals surface area contributed by atoms with Crippen LogP contribution in [0.5, 0.6) is 11.5 Å². The Hall–Kier alpha value is -3.94. The summed E-state index contributed by atoms with van der Waals surface area (Å²) in [4.78, 5) is 25.4. The van der Waals surface area contributed by atoms with Gasteiger partial charge in [-0.1, -0.05) is 26.3 Å². The number of hydrogen-bond donors (Lipinski definition) is 3. The molecule has 0 spiro atoms. The van der Waals surface area contributed by atoms with E-state index >= 15 is 0 Å². The summed E-state index contributed by atoms with van der Waals surface area (Å²) >= 11 is 0. The van der Waals surface area contributed by atoms with Gasteiger partial charge in [0.05, 0.1) is 17.6 Å². The number of nitrogens with zero attached hydrogens (tertiary/aromatic N) is 4. The van der Waals surface area contributed by atoms with Gasteiger partial charge >= 0.3 is 0 Å². The van der Waals surface area contributed by atoms with Crippen LogP contribution in [0.2, 0.25) is 0 Å². The van der Waals surface area contributed by atoms with Crippen molar-refractivity contribution in [2.24, 2.45) is 4.99 Å². The number of phenolic OH excluding ortho intramolecular Hbond substituents is 2. The first-order chi connectivity index (χ1) is 16.3. The largest absolute Gasteiger partial charge is 0.508 e. The number of phenols is 2. The van der Waals surface area contributed by atoms with Crippen LogP contribution in [0.4, 0.5) is 5.82 Å². The summed E-state index contributed by atoms with van der Waals surface area (Å²) < 4.78 is 2.04. The second kappa shape index (κ2) is 9.51. The monoisotopic (exact) mass is 459 g/mol. The van der Waals surface area contributed by atoms with Gasteiger partial charge < -0.3 is 20.5 Å². The average Bonchev–Trinajstić information content (AvgIpc) is 3.18. The lowest BCUT2D eigenvalue weighted by Gasteiger charge is -2.13. The zero-order valence-corrected chi connectivity index (χ0v) is 19.7. The lowest BCUT2D eigenvalue weighted by atomic mass is 10.1. The molecule has 34 heavy (non-hydrogen) atoms. The van der Waals surface area contributed by atoms with Gasteiger partial charge in [-0.05, 0) is 49.2 Å². The molecule has 4 N–H and O–H groups in total. The summed E-state index contributed by atoms with van der Waals surface area (Å²) in [6.07, 6.45) is 3.02. The van der Waals surface area contributed by atoms with Crippen LogP contribution in [0.15, 0.2) is 41.4 Å². The molecule has 0 atom stereocenters. The van der Waals surface area contributed by atoms with Crippen LogP contribution >= 0.6 is 0 Å². The maximum atomic E-state index is 11.9. The summed E-state index contributed by atoms with van der Waals surface area (Å²) in [5.74, 6) is 1.16. The number of aromatic hydroxyl groups is 2. The Bertz CT molecular complexity index is 1420. The van der Waals surface area contributed by atoms with E-state index in [9.17, 15) is 15.0 Å². The number of rotatable bonds is 7. The van der Waals surface area contributed by atoms with Gasteiger partial charge in [0.1, 0.15) is 22.8 Å². The highest BCUT2D eigenvalue weighted by Gasteiger charge is 2.19. The molecule has 0 fully saturated rings. The topological polar surface area (TPSA) is 127 Å². The summed E-state index contributed by atoms with van der Waals surface area (Å²) in [7, 11) is 0. The average molecular weight is 460 g/mol. The van der Waals surface area contributed by atoms with Crippen molar-refractivity contribution >= 4 is 39.4 Å². The minimum Gasteiger partial charge on any atom is -0.508 e. The van der Waals surface area contributed by atoms with Crippen LogP contribution in [0.25, 0.3) is 21.9 Å². The van der Waals surface area contributed by atoms with Crippen molar-refractivity contribution in [1.82, 2.24) is 14.5 Å². The zero-order valence-electron chi connectivity index (χ0n) is 19.7. The van der Waals surface area contributed by atoms with Gasteiger partial charge in [-0.2, -0.15) is 0 Å². The molecule has 0 aliphatic rings. The smallest absolute Gasteiger partial charge is 0.245 e. The van der Waals surface area contributed by atoms with Crippen LogP contribution in [0.1, 0.15) is 57.0 Å². The molecule has 176 valence electrons. The summed E-state index contributed by atoms with van der Waals surface area (Å²) in [6.45, 7) is 6.01. The molecule has 2 aromatic carbocycles. The molecule has 4 aromatic rings. The molecule has 0 unspecified atom stereocenters. The number of unbranched alkanes of at least 4 members (excludes halogenated alkanes) is 1. The molecule has 0 aliphatic heterocycles. The van der Waals surface area contributed by atoms with Gasteiger partial charge in [0.25, 0.3) is 0 Å². The SMILES string of the molecule is CCCCc1nc2c(N)nc3ccc(C(C)=NC(=O)CC)cc3c2n1Cc1cc(O)ccc1O. The van der Waals surface area contributed by atoms with Crippen LogP contribution < -0.4 is 5.73 Å². The van der Waals surface area contributed by atoms with E-state index in [0.29, 0.717) is 41.1 Å². The highest BCUT2D eigenvalue weighted by molar-refractivity contribution is 6.11. The molecule has 4 rings (SSSR count). The normalized spacial score (nSPS) is 12.0. The molecule has 2 aromatic heterocycles. The first-order valence-electron chi connectivity index (χ1n) is 11.5. The highest BCUT2D eigenvalue weighted by atomic mass is 16.3. The molecular weight excluding hydrogens is 430 g/mol. The molecular formula is C26H29N5O3. The van der Waals surface area contributed by atoms with Crippen LogP contribution in [0, 0.1) is 0 Å². The molecule has 0 saturated heterocycles. The summed E-state index contributed by atoms with van der Waals surface area (Å²) in [5, 5.41) is 21.3. The number of pyridine rings is 1. The first-order valence-corrected chi connectivity index (χ1v) is 11.5. The number of aliphatic imine (C=N–C) groups is 1. The second-order valence-electron chi connectivity index (χ2n) is 8.40. The number of hydrogen-bond acceptors (Lipinski definition) is 6. The number of aryl methyl sites for hydroxylation is 1. The van der Waals surface area contributed by atoms with Crippen molar-refractivity contribution in [3.8, 4) is 11.5 Å². The fourth-order valence-electron chi connectivity index (χ4n) is 4.08. The number of carbonyl (C=O) groups is 1. The Labute approximate surface area is 197 Å². The molecule has 8 nitrogen and oxygen atoms in total. The lowest BCUT2D eigenvalue weighted by molar-refractivity contribution is -0.117. The van der Waals surface area contributed by atoms with E-state index in [1.807, 2.05) is 29.7 Å². The number of carbonyl (C=O) groups excluding carboxylic acids is 1.